The first-order valence-corrected chi connectivity index (χ1v) is 5.51. The molecule has 1 aromatic carbocycles. The number of rotatable bonds is 2. The van der Waals surface area contributed by atoms with Crippen LogP contribution in [-0.2, 0) is 6.42 Å². The van der Waals surface area contributed by atoms with Gasteiger partial charge in [-0.15, -0.1) is 0 Å². The molecule has 0 saturated carbocycles. The molecular weight excluding hydrogens is 224 g/mol. The van der Waals surface area contributed by atoms with Crippen molar-refractivity contribution in [1.82, 2.24) is 5.16 Å². The monoisotopic (exact) mass is 236 g/mol. The maximum atomic E-state index is 5.94. The summed E-state index contributed by atoms with van der Waals surface area (Å²) in [7, 11) is 0. The zero-order valence-electron chi connectivity index (χ0n) is 9.25. The van der Waals surface area contributed by atoms with E-state index in [4.69, 9.17) is 21.9 Å². The van der Waals surface area contributed by atoms with Crippen molar-refractivity contribution in [1.29, 1.82) is 0 Å². The lowest BCUT2D eigenvalue weighted by Crippen LogP contribution is -1.90. The highest BCUT2D eigenvalue weighted by molar-refractivity contribution is 6.31. The third-order valence-electron chi connectivity index (χ3n) is 2.62. The number of benzene rings is 1. The zero-order valence-corrected chi connectivity index (χ0v) is 10.0. The second-order valence-corrected chi connectivity index (χ2v) is 4.10. The summed E-state index contributed by atoms with van der Waals surface area (Å²) in [6.07, 6.45) is 0.843. The van der Waals surface area contributed by atoms with Gasteiger partial charge < -0.3 is 10.3 Å². The van der Waals surface area contributed by atoms with Gasteiger partial charge in [-0.05, 0) is 31.5 Å². The standard InChI is InChI=1S/C12H13ClN2O/c1-3-11-7(2)12(16-15-11)9-6-8(13)4-5-10(9)14/h4-6H,3,14H2,1-2H3. The minimum Gasteiger partial charge on any atom is -0.398 e. The summed E-state index contributed by atoms with van der Waals surface area (Å²) in [5.74, 6) is 0.705. The number of halogens is 1. The molecule has 1 heterocycles. The maximum Gasteiger partial charge on any atom is 0.172 e. The molecular formula is C12H13ClN2O. The van der Waals surface area contributed by atoms with Crippen molar-refractivity contribution in [3.8, 4) is 11.3 Å². The highest BCUT2D eigenvalue weighted by atomic mass is 35.5. The van der Waals surface area contributed by atoms with Crippen LogP contribution in [-0.4, -0.2) is 5.16 Å². The number of anilines is 1. The molecule has 0 atom stereocenters. The fraction of sp³-hybridized carbons (Fsp3) is 0.250. The van der Waals surface area contributed by atoms with Crippen LogP contribution >= 0.6 is 11.6 Å². The van der Waals surface area contributed by atoms with E-state index >= 15 is 0 Å². The lowest BCUT2D eigenvalue weighted by Gasteiger charge is -2.03. The van der Waals surface area contributed by atoms with Gasteiger partial charge in [0, 0.05) is 21.8 Å². The van der Waals surface area contributed by atoms with Crippen molar-refractivity contribution >= 4 is 17.3 Å². The Kier molecular flexibility index (Phi) is 2.88. The molecule has 4 heteroatoms. The van der Waals surface area contributed by atoms with Gasteiger partial charge in [0.2, 0.25) is 0 Å². The number of nitrogen functional groups attached to an aromatic ring is 1. The number of aromatic nitrogens is 1. The summed E-state index contributed by atoms with van der Waals surface area (Å²) < 4.78 is 5.32. The third kappa shape index (κ3) is 1.78. The predicted octanol–water partition coefficient (Wildman–Crippen LogP) is 3.45. The van der Waals surface area contributed by atoms with Gasteiger partial charge in [0.05, 0.1) is 5.69 Å². The molecule has 3 nitrogen and oxygen atoms in total. The molecule has 0 spiro atoms. The Morgan fingerprint density at radius 3 is 2.81 bits per heavy atom. The Morgan fingerprint density at radius 1 is 1.44 bits per heavy atom. The topological polar surface area (TPSA) is 52.0 Å². The second kappa shape index (κ2) is 4.18. The number of hydrogen-bond donors (Lipinski definition) is 1. The van der Waals surface area contributed by atoms with Crippen LogP contribution in [0.15, 0.2) is 22.7 Å². The molecule has 0 radical (unpaired) electrons. The summed E-state index contributed by atoms with van der Waals surface area (Å²) in [4.78, 5) is 0. The highest BCUT2D eigenvalue weighted by Gasteiger charge is 2.15. The van der Waals surface area contributed by atoms with Gasteiger partial charge in [-0.3, -0.25) is 0 Å². The van der Waals surface area contributed by atoms with Gasteiger partial charge in [-0.2, -0.15) is 0 Å². The van der Waals surface area contributed by atoms with Crippen LogP contribution in [0.2, 0.25) is 5.02 Å². The van der Waals surface area contributed by atoms with E-state index in [9.17, 15) is 0 Å². The Labute approximate surface area is 99.2 Å². The van der Waals surface area contributed by atoms with E-state index in [1.54, 1.807) is 18.2 Å². The molecule has 1 aromatic heterocycles. The van der Waals surface area contributed by atoms with E-state index in [1.807, 2.05) is 13.8 Å². The van der Waals surface area contributed by atoms with Gasteiger partial charge in [0.1, 0.15) is 0 Å². The van der Waals surface area contributed by atoms with Gasteiger partial charge in [0.25, 0.3) is 0 Å². The predicted molar refractivity (Wildman–Crippen MR) is 65.5 cm³/mol. The molecule has 2 N–H and O–H groups in total. The van der Waals surface area contributed by atoms with Crippen LogP contribution in [0.5, 0.6) is 0 Å². The molecule has 84 valence electrons. The molecule has 16 heavy (non-hydrogen) atoms. The average Bonchev–Trinajstić information content (AvgIpc) is 2.63. The van der Waals surface area contributed by atoms with E-state index in [0.29, 0.717) is 16.5 Å². The van der Waals surface area contributed by atoms with E-state index in [1.165, 1.54) is 0 Å². The lowest BCUT2D eigenvalue weighted by atomic mass is 10.1. The van der Waals surface area contributed by atoms with Crippen LogP contribution in [0.4, 0.5) is 5.69 Å². The van der Waals surface area contributed by atoms with Crippen molar-refractivity contribution < 1.29 is 4.52 Å². The normalized spacial score (nSPS) is 10.7. The van der Waals surface area contributed by atoms with Crippen LogP contribution in [0, 0.1) is 6.92 Å². The molecule has 0 aliphatic carbocycles. The Balaban J connectivity index is 2.58. The molecule has 0 aliphatic rings. The summed E-state index contributed by atoms with van der Waals surface area (Å²) in [6, 6.07) is 5.32. The van der Waals surface area contributed by atoms with Crippen molar-refractivity contribution in [2.75, 3.05) is 5.73 Å². The van der Waals surface area contributed by atoms with E-state index < -0.39 is 0 Å². The molecule has 2 aromatic rings. The number of aryl methyl sites for hydroxylation is 1. The minimum atomic E-state index is 0.637. The molecule has 2 rings (SSSR count). The van der Waals surface area contributed by atoms with Gasteiger partial charge in [-0.1, -0.05) is 23.7 Å². The van der Waals surface area contributed by atoms with E-state index in [2.05, 4.69) is 5.16 Å². The third-order valence-corrected chi connectivity index (χ3v) is 2.85. The summed E-state index contributed by atoms with van der Waals surface area (Å²) in [5.41, 5.74) is 9.32. The minimum absolute atomic E-state index is 0.637. The second-order valence-electron chi connectivity index (χ2n) is 3.67. The van der Waals surface area contributed by atoms with E-state index in [0.717, 1.165) is 23.2 Å². The molecule has 0 amide bonds. The van der Waals surface area contributed by atoms with Gasteiger partial charge in [0.15, 0.2) is 5.76 Å². The lowest BCUT2D eigenvalue weighted by molar-refractivity contribution is 0.424. The summed E-state index contributed by atoms with van der Waals surface area (Å²) in [6.45, 7) is 4.01. The van der Waals surface area contributed by atoms with Crippen molar-refractivity contribution in [3.63, 3.8) is 0 Å². The van der Waals surface area contributed by atoms with Crippen LogP contribution in [0.3, 0.4) is 0 Å². The van der Waals surface area contributed by atoms with Crippen LogP contribution < -0.4 is 5.73 Å². The Hall–Kier alpha value is -1.48. The number of nitrogens with two attached hydrogens (primary N) is 1. The largest absolute Gasteiger partial charge is 0.398 e. The van der Waals surface area contributed by atoms with E-state index in [-0.39, 0.29) is 0 Å². The summed E-state index contributed by atoms with van der Waals surface area (Å²) >= 11 is 5.94. The number of hydrogen-bond acceptors (Lipinski definition) is 3. The quantitative estimate of drug-likeness (QED) is 0.813. The first-order valence-electron chi connectivity index (χ1n) is 5.14. The molecule has 0 bridgehead atoms. The average molecular weight is 237 g/mol. The molecule has 0 unspecified atom stereocenters. The Bertz CT molecular complexity index is 520. The van der Waals surface area contributed by atoms with Crippen molar-refractivity contribution in [3.05, 3.63) is 34.5 Å². The summed E-state index contributed by atoms with van der Waals surface area (Å²) in [5, 5.41) is 4.64. The van der Waals surface area contributed by atoms with Crippen molar-refractivity contribution in [2.45, 2.75) is 20.3 Å². The highest BCUT2D eigenvalue weighted by Crippen LogP contribution is 2.32. The van der Waals surface area contributed by atoms with Gasteiger partial charge in [-0.25, -0.2) is 0 Å². The molecule has 0 aliphatic heterocycles. The SMILES string of the molecule is CCc1noc(-c2cc(Cl)ccc2N)c1C. The first kappa shape index (κ1) is 11.0. The van der Waals surface area contributed by atoms with Crippen LogP contribution in [0.25, 0.3) is 11.3 Å². The Morgan fingerprint density at radius 2 is 2.19 bits per heavy atom. The molecule has 0 fully saturated rings. The van der Waals surface area contributed by atoms with Crippen LogP contribution in [0.1, 0.15) is 18.2 Å². The van der Waals surface area contributed by atoms with Crippen molar-refractivity contribution in [2.24, 2.45) is 0 Å². The maximum absolute atomic E-state index is 5.94. The van der Waals surface area contributed by atoms with Gasteiger partial charge >= 0.3 is 0 Å². The fourth-order valence-electron chi connectivity index (χ4n) is 1.67. The molecule has 0 saturated heterocycles. The fourth-order valence-corrected chi connectivity index (χ4v) is 1.85. The zero-order chi connectivity index (χ0) is 11.7. The number of nitrogens with zero attached hydrogens (tertiary/aromatic N) is 1. The first-order chi connectivity index (χ1) is 7.63. The smallest absolute Gasteiger partial charge is 0.172 e.